The highest BCUT2D eigenvalue weighted by Crippen LogP contribution is 2.51. The lowest BCUT2D eigenvalue weighted by Gasteiger charge is -2.10. The van der Waals surface area contributed by atoms with Gasteiger partial charge < -0.3 is 22.2 Å². The largest absolute Gasteiger partial charge is 0.309 e. The van der Waals surface area contributed by atoms with E-state index in [1.165, 1.54) is 277 Å². The molecule has 12 heterocycles. The van der Waals surface area contributed by atoms with Crippen LogP contribution < -0.4 is 0 Å². The zero-order valence-corrected chi connectivity index (χ0v) is 77.9. The van der Waals surface area contributed by atoms with Gasteiger partial charge in [0.05, 0.1) is 82.9 Å². The van der Waals surface area contributed by atoms with Gasteiger partial charge in [-0.3, -0.25) is 4.98 Å². The molecule has 11 heteroatoms. The van der Waals surface area contributed by atoms with E-state index in [0.29, 0.717) is 5.82 Å². The second-order valence-corrected chi connectivity index (χ2v) is 38.9. The maximum absolute atomic E-state index is 4.66. The standard InChI is InChI=1S/C44H26N2.C31H18N2.C30H17N3.C29H16N4/c1-3-11-30-25-42-36(21-28(30)9-1)38-23-32(24-39-37-22-29-10-2-4-12-31(29)26-43(37)46(42)44(38)39)27-17-19-33(20-18-27)45-40-15-7-5-13-34(40)35-14-6-8-16-41(35)45;1-3-9-21-17-29-24(13-19(21)7-1)26-15-23(28-11-5-6-12-32-28)16-27-25-14-20-8-2-4-10-22(20)18-30(25)33(29)31(26)27;1-3-8-20-16-27-23(12-18(20)6-1)25-14-22(30-31-10-5-11-32-30)15-26-24-13-19-7-2-4-9-21(19)17-28(24)33(27)29(25)26;1-3-7-19-13-26-22(9-17(19)5-1)24-11-21(29-31-15-30-16-32-29)12-25-23-10-18-6-2-4-8-20(18)14-27(23)33(26)28(24)25/h1-26H;1-18H;1-17H;1-16H. The van der Waals surface area contributed by atoms with Crippen LogP contribution in [-0.2, 0) is 0 Å². The molecule has 0 N–H and O–H groups in total. The quantitative estimate of drug-likeness (QED) is 0.170. The van der Waals surface area contributed by atoms with E-state index in [4.69, 9.17) is 0 Å². The predicted molar refractivity (Wildman–Crippen MR) is 607 cm³/mol. The van der Waals surface area contributed by atoms with Gasteiger partial charge in [0.15, 0.2) is 11.6 Å². The van der Waals surface area contributed by atoms with Gasteiger partial charge in [0.2, 0.25) is 0 Å². The highest BCUT2D eigenvalue weighted by molar-refractivity contribution is 6.32. The Morgan fingerprint density at radius 2 is 0.379 bits per heavy atom. The minimum atomic E-state index is 0.694. The number of pyridine rings is 1. The second kappa shape index (κ2) is 30.4. The van der Waals surface area contributed by atoms with Crippen molar-refractivity contribution in [2.45, 2.75) is 0 Å². The third-order valence-corrected chi connectivity index (χ3v) is 31.1. The normalized spacial score (nSPS) is 12.3. The lowest BCUT2D eigenvalue weighted by Crippen LogP contribution is -1.93. The summed E-state index contributed by atoms with van der Waals surface area (Å²) in [7, 11) is 0. The van der Waals surface area contributed by atoms with Gasteiger partial charge in [-0.15, -0.1) is 0 Å². The van der Waals surface area contributed by atoms with Gasteiger partial charge in [-0.2, -0.15) is 0 Å². The van der Waals surface area contributed by atoms with Gasteiger partial charge in [-0.05, 0) is 285 Å². The molecular formula is C134H77N11. The van der Waals surface area contributed by atoms with Gasteiger partial charge in [0.1, 0.15) is 12.7 Å². The van der Waals surface area contributed by atoms with Gasteiger partial charge in [-0.25, -0.2) is 24.9 Å². The van der Waals surface area contributed by atoms with Crippen molar-refractivity contribution in [3.8, 4) is 50.8 Å². The molecule has 35 aromatic rings. The maximum atomic E-state index is 4.66. The first-order valence-corrected chi connectivity index (χ1v) is 49.4. The van der Waals surface area contributed by atoms with Gasteiger partial charge in [-0.1, -0.05) is 249 Å². The molecule has 0 aliphatic rings. The minimum Gasteiger partial charge on any atom is -0.309 e. The van der Waals surface area contributed by atoms with E-state index < -0.39 is 0 Å². The Morgan fingerprint density at radius 1 is 0.145 bits per heavy atom. The van der Waals surface area contributed by atoms with Crippen molar-refractivity contribution in [1.29, 1.82) is 0 Å². The highest BCUT2D eigenvalue weighted by atomic mass is 15.0. The van der Waals surface area contributed by atoms with E-state index in [2.05, 4.69) is 477 Å². The van der Waals surface area contributed by atoms with Crippen LogP contribution in [0.3, 0.4) is 0 Å². The van der Waals surface area contributed by atoms with E-state index in [9.17, 15) is 0 Å². The van der Waals surface area contributed by atoms with Crippen LogP contribution in [0.25, 0.3) is 311 Å². The molecule has 0 aliphatic heterocycles. The number of aromatic nitrogens is 11. The smallest absolute Gasteiger partial charge is 0.162 e. The zero-order chi connectivity index (χ0) is 94.5. The van der Waals surface area contributed by atoms with Crippen LogP contribution in [0, 0.1) is 0 Å². The number of nitrogens with zero attached hydrogens (tertiary/aromatic N) is 11. The molecule has 0 amide bonds. The van der Waals surface area contributed by atoms with Crippen LogP contribution in [0.4, 0.5) is 0 Å². The van der Waals surface area contributed by atoms with Gasteiger partial charge >= 0.3 is 0 Å². The summed E-state index contributed by atoms with van der Waals surface area (Å²) in [6.45, 7) is 0. The molecule has 145 heavy (non-hydrogen) atoms. The van der Waals surface area contributed by atoms with Crippen LogP contribution in [0.1, 0.15) is 0 Å². The Balaban J connectivity index is 0.0000000873. The number of hydrogen-bond donors (Lipinski definition) is 0. The van der Waals surface area contributed by atoms with E-state index in [0.717, 1.165) is 28.2 Å². The molecule has 0 spiro atoms. The Hall–Kier alpha value is -19.6. The molecule has 0 saturated heterocycles. The van der Waals surface area contributed by atoms with E-state index in [1.54, 1.807) is 12.7 Å². The van der Waals surface area contributed by atoms with Crippen molar-refractivity contribution >= 4 is 260 Å². The first kappa shape index (κ1) is 79.3. The minimum absolute atomic E-state index is 0.694. The third kappa shape index (κ3) is 11.9. The molecule has 0 aliphatic carbocycles. The first-order chi connectivity index (χ1) is 71.8. The van der Waals surface area contributed by atoms with Crippen LogP contribution in [-0.4, -0.2) is 52.1 Å². The van der Waals surface area contributed by atoms with Gasteiger partial charge in [0.25, 0.3) is 0 Å². The van der Waals surface area contributed by atoms with Crippen LogP contribution in [0.15, 0.2) is 468 Å². The maximum Gasteiger partial charge on any atom is 0.162 e. The topological polar surface area (TPSA) is 99.9 Å². The Kier molecular flexibility index (Phi) is 16.7. The van der Waals surface area contributed by atoms with Crippen molar-refractivity contribution in [3.05, 3.63) is 468 Å². The summed E-state index contributed by atoms with van der Waals surface area (Å²) in [5.41, 5.74) is 25.4. The van der Waals surface area contributed by atoms with Crippen molar-refractivity contribution in [3.63, 3.8) is 0 Å². The zero-order valence-electron chi connectivity index (χ0n) is 77.9. The summed E-state index contributed by atoms with van der Waals surface area (Å²) in [4.78, 5) is 26.6. The molecule has 23 aromatic carbocycles. The molecule has 0 fully saturated rings. The number of benzene rings is 23. The Morgan fingerprint density at radius 3 is 0.655 bits per heavy atom. The monoisotopic (exact) mass is 1840 g/mol. The summed E-state index contributed by atoms with van der Waals surface area (Å²) >= 11 is 0. The fourth-order valence-electron chi connectivity index (χ4n) is 24.6. The Bertz CT molecular complexity index is 10400. The molecule has 35 rings (SSSR count). The molecule has 0 saturated carbocycles. The SMILES string of the molecule is c1ccc(-c2cc3c4cc5ccccc5cc4n4c5cc6ccccc6cc5c(c2)c34)nc1.c1ccc2cc3c(cc2c1)c1cc(-c2ccc(-n4c5ccccc5c5ccccc54)cc2)cc2c4cc5ccccc5cc4n3c12.c1ccc2cc3c(cc2c1)c1cc(-c2ncncn2)cc2c4cc5ccccc5cc4n3c12.c1cnc(-c2cc3c4cc5ccccc5cc4n4c5cc6ccccc6cc5c(c2)c34)nc1. The molecule has 0 unspecified atom stereocenters. The molecule has 0 atom stereocenters. The van der Waals surface area contributed by atoms with Crippen molar-refractivity contribution < 1.29 is 0 Å². The average Bonchev–Trinajstić information content (AvgIpc) is 1.54. The molecule has 11 nitrogen and oxygen atoms in total. The number of para-hydroxylation sites is 2. The number of rotatable bonds is 5. The van der Waals surface area contributed by atoms with Crippen LogP contribution in [0.2, 0.25) is 0 Å². The number of fused-ring (bicyclic) bond motifs is 35. The average molecular weight is 1840 g/mol. The number of hydrogen-bond acceptors (Lipinski definition) is 6. The van der Waals surface area contributed by atoms with E-state index >= 15 is 0 Å². The molecular weight excluding hydrogens is 1760 g/mol. The van der Waals surface area contributed by atoms with E-state index in [-0.39, 0.29) is 0 Å². The summed E-state index contributed by atoms with van der Waals surface area (Å²) in [5.74, 6) is 1.45. The third-order valence-electron chi connectivity index (χ3n) is 31.1. The van der Waals surface area contributed by atoms with Crippen molar-refractivity contribution in [2.24, 2.45) is 0 Å². The fraction of sp³-hybridized carbons (Fsp3) is 0. The van der Waals surface area contributed by atoms with E-state index in [1.807, 2.05) is 30.7 Å². The lowest BCUT2D eigenvalue weighted by molar-refractivity contribution is 1.06. The Labute approximate surface area is 825 Å². The summed E-state index contributed by atoms with van der Waals surface area (Å²) in [6, 6.07) is 160. The second-order valence-electron chi connectivity index (χ2n) is 38.9. The summed E-state index contributed by atoms with van der Waals surface area (Å²) < 4.78 is 12.2. The molecule has 0 radical (unpaired) electrons. The van der Waals surface area contributed by atoms with Crippen molar-refractivity contribution in [1.82, 2.24) is 52.1 Å². The summed E-state index contributed by atoms with van der Waals surface area (Å²) in [6.07, 6.45) is 8.61. The van der Waals surface area contributed by atoms with Crippen LogP contribution >= 0.6 is 0 Å². The lowest BCUT2D eigenvalue weighted by atomic mass is 9.97. The molecule has 668 valence electrons. The fourth-order valence-corrected chi connectivity index (χ4v) is 24.6. The highest BCUT2D eigenvalue weighted by Gasteiger charge is 2.28. The predicted octanol–water partition coefficient (Wildman–Crippen LogP) is 34.7. The summed E-state index contributed by atoms with van der Waals surface area (Å²) in [5, 5.41) is 43.1. The molecule has 0 bridgehead atoms. The van der Waals surface area contributed by atoms with Crippen LogP contribution in [0.5, 0.6) is 0 Å². The van der Waals surface area contributed by atoms with Gasteiger partial charge in [0, 0.05) is 138 Å². The van der Waals surface area contributed by atoms with Crippen molar-refractivity contribution in [2.75, 3.05) is 0 Å². The molecule has 12 aromatic heterocycles. The first-order valence-electron chi connectivity index (χ1n) is 49.4.